The maximum atomic E-state index is 12.1. The molecule has 0 radical (unpaired) electrons. The minimum absolute atomic E-state index is 0.0539. The van der Waals surface area contributed by atoms with Crippen LogP contribution >= 0.6 is 0 Å². The fourth-order valence-corrected chi connectivity index (χ4v) is 3.59. The smallest absolute Gasteiger partial charge is 0.215 e. The van der Waals surface area contributed by atoms with E-state index in [0.717, 1.165) is 0 Å². The second-order valence-electron chi connectivity index (χ2n) is 6.07. The molecule has 0 aromatic heterocycles. The molecule has 1 rings (SSSR count). The molecule has 21 heavy (non-hydrogen) atoms. The molecule has 0 amide bonds. The van der Waals surface area contributed by atoms with Gasteiger partial charge in [0.05, 0.1) is 17.4 Å². The highest BCUT2D eigenvalue weighted by Crippen LogP contribution is 2.20. The number of hydrogen-bond acceptors (Lipinski definition) is 3. The summed E-state index contributed by atoms with van der Waals surface area (Å²) < 4.78 is 27.0. The van der Waals surface area contributed by atoms with Gasteiger partial charge in [-0.15, -0.1) is 0 Å². The highest BCUT2D eigenvalue weighted by Gasteiger charge is 2.20. The number of hydrogen-bond donors (Lipinski definition) is 1. The Labute approximate surface area is 128 Å². The van der Waals surface area contributed by atoms with E-state index >= 15 is 0 Å². The zero-order valence-corrected chi connectivity index (χ0v) is 13.9. The van der Waals surface area contributed by atoms with E-state index in [0.29, 0.717) is 35.4 Å². The largest absolute Gasteiger partial charge is 0.215 e. The lowest BCUT2D eigenvalue weighted by Gasteiger charge is -2.25. The molecule has 0 saturated heterocycles. The Morgan fingerprint density at radius 2 is 1.62 bits per heavy atom. The highest BCUT2D eigenvalue weighted by atomic mass is 32.2. The van der Waals surface area contributed by atoms with E-state index in [1.54, 1.807) is 24.3 Å². The molecule has 0 aliphatic heterocycles. The zero-order valence-electron chi connectivity index (χ0n) is 13.1. The van der Waals surface area contributed by atoms with Gasteiger partial charge in [0.2, 0.25) is 10.0 Å². The number of nitriles is 1. The van der Waals surface area contributed by atoms with Crippen LogP contribution in [0.2, 0.25) is 0 Å². The Bertz CT molecular complexity index is 576. The van der Waals surface area contributed by atoms with Gasteiger partial charge in [0.1, 0.15) is 0 Å². The summed E-state index contributed by atoms with van der Waals surface area (Å²) in [5.41, 5.74) is 1.22. The van der Waals surface area contributed by atoms with Gasteiger partial charge in [-0.05, 0) is 35.4 Å². The van der Waals surface area contributed by atoms with Crippen molar-refractivity contribution in [1.29, 1.82) is 5.26 Å². The first-order chi connectivity index (χ1) is 9.75. The summed E-state index contributed by atoms with van der Waals surface area (Å²) in [7, 11) is -3.35. The zero-order chi connectivity index (χ0) is 16.0. The maximum Gasteiger partial charge on any atom is 0.215 e. The van der Waals surface area contributed by atoms with Crippen molar-refractivity contribution < 1.29 is 8.42 Å². The molecule has 0 heterocycles. The molecule has 116 valence electrons. The van der Waals surface area contributed by atoms with Gasteiger partial charge in [-0.1, -0.05) is 39.8 Å². The van der Waals surface area contributed by atoms with Crippen LogP contribution in [0, 0.1) is 29.1 Å². The van der Waals surface area contributed by atoms with Crippen molar-refractivity contribution in [3.8, 4) is 6.07 Å². The Balaban J connectivity index is 2.67. The molecule has 4 nitrogen and oxygen atoms in total. The molecule has 1 aromatic rings. The van der Waals surface area contributed by atoms with E-state index in [-0.39, 0.29) is 5.75 Å². The fourth-order valence-electron chi connectivity index (χ4n) is 2.41. The van der Waals surface area contributed by atoms with E-state index in [4.69, 9.17) is 5.26 Å². The van der Waals surface area contributed by atoms with Crippen LogP contribution in [0.5, 0.6) is 0 Å². The van der Waals surface area contributed by atoms with Crippen LogP contribution in [-0.2, 0) is 15.8 Å². The maximum absolute atomic E-state index is 12.1. The Kier molecular flexibility index (Phi) is 6.38. The average molecular weight is 308 g/mol. The summed E-state index contributed by atoms with van der Waals surface area (Å²) in [6.45, 7) is 8.91. The van der Waals surface area contributed by atoms with E-state index in [9.17, 15) is 8.42 Å². The van der Waals surface area contributed by atoms with Gasteiger partial charge in [0, 0.05) is 6.54 Å². The normalized spacial score (nSPS) is 12.1. The van der Waals surface area contributed by atoms with Crippen molar-refractivity contribution in [3.63, 3.8) is 0 Å². The van der Waals surface area contributed by atoms with E-state index < -0.39 is 10.0 Å². The summed E-state index contributed by atoms with van der Waals surface area (Å²) in [5, 5.41) is 8.73. The molecule has 0 fully saturated rings. The van der Waals surface area contributed by atoms with Gasteiger partial charge in [0.15, 0.2) is 0 Å². The molecule has 5 heteroatoms. The van der Waals surface area contributed by atoms with Crippen molar-refractivity contribution in [1.82, 2.24) is 4.72 Å². The monoisotopic (exact) mass is 308 g/mol. The number of nitrogens with zero attached hydrogens (tertiary/aromatic N) is 1. The summed E-state index contributed by atoms with van der Waals surface area (Å²) in [4.78, 5) is 0. The lowest BCUT2D eigenvalue weighted by molar-refractivity contribution is 0.289. The lowest BCUT2D eigenvalue weighted by Crippen LogP contribution is -2.34. The van der Waals surface area contributed by atoms with Gasteiger partial charge >= 0.3 is 0 Å². The number of nitrogens with one attached hydrogen (secondary N) is 1. The quantitative estimate of drug-likeness (QED) is 0.842. The van der Waals surface area contributed by atoms with E-state index in [1.807, 2.05) is 6.07 Å². The van der Waals surface area contributed by atoms with Gasteiger partial charge < -0.3 is 0 Å². The number of benzene rings is 1. The van der Waals surface area contributed by atoms with Gasteiger partial charge in [0.25, 0.3) is 0 Å². The van der Waals surface area contributed by atoms with Crippen LogP contribution in [-0.4, -0.2) is 15.0 Å². The van der Waals surface area contributed by atoms with Crippen molar-refractivity contribution in [3.05, 3.63) is 35.4 Å². The summed E-state index contributed by atoms with van der Waals surface area (Å²) in [6, 6.07) is 8.65. The minimum atomic E-state index is -3.35. The van der Waals surface area contributed by atoms with Gasteiger partial charge in [-0.2, -0.15) is 5.26 Å². The molecule has 0 spiro atoms. The Hall–Kier alpha value is -1.38. The Morgan fingerprint density at radius 1 is 1.10 bits per heavy atom. The van der Waals surface area contributed by atoms with Crippen molar-refractivity contribution in [2.45, 2.75) is 33.4 Å². The molecule has 0 aliphatic carbocycles. The first-order valence-corrected chi connectivity index (χ1v) is 8.86. The van der Waals surface area contributed by atoms with Crippen LogP contribution in [0.15, 0.2) is 24.3 Å². The molecular formula is C16H24N2O2S. The topological polar surface area (TPSA) is 70.0 Å². The van der Waals surface area contributed by atoms with Crippen LogP contribution in [0.25, 0.3) is 0 Å². The van der Waals surface area contributed by atoms with Gasteiger partial charge in [-0.3, -0.25) is 0 Å². The third-order valence-corrected chi connectivity index (χ3v) is 5.01. The van der Waals surface area contributed by atoms with Crippen LogP contribution in [0.3, 0.4) is 0 Å². The molecule has 0 unspecified atom stereocenters. The molecule has 1 N–H and O–H groups in total. The SMILES string of the molecule is CC(C)C(CNS(=O)(=O)Cc1ccc(C#N)cc1)C(C)C. The number of rotatable bonds is 7. The first kappa shape index (κ1) is 17.7. The predicted octanol–water partition coefficient (Wildman–Crippen LogP) is 2.91. The fraction of sp³-hybridized carbons (Fsp3) is 0.562. The van der Waals surface area contributed by atoms with Crippen LogP contribution in [0.1, 0.15) is 38.8 Å². The third kappa shape index (κ3) is 5.86. The molecule has 0 aliphatic rings. The van der Waals surface area contributed by atoms with Crippen LogP contribution < -0.4 is 4.72 Å². The first-order valence-electron chi connectivity index (χ1n) is 7.21. The minimum Gasteiger partial charge on any atom is -0.215 e. The molecule has 1 aromatic carbocycles. The standard InChI is InChI=1S/C16H24N2O2S/c1-12(2)16(13(3)4)10-18-21(19,20)11-15-7-5-14(9-17)6-8-15/h5-8,12-13,16,18H,10-11H2,1-4H3. The summed E-state index contributed by atoms with van der Waals surface area (Å²) in [5.74, 6) is 1.13. The highest BCUT2D eigenvalue weighted by molar-refractivity contribution is 7.88. The van der Waals surface area contributed by atoms with Crippen molar-refractivity contribution in [2.24, 2.45) is 17.8 Å². The van der Waals surface area contributed by atoms with E-state index in [1.165, 1.54) is 0 Å². The lowest BCUT2D eigenvalue weighted by atomic mass is 9.86. The van der Waals surface area contributed by atoms with Crippen molar-refractivity contribution >= 4 is 10.0 Å². The molecular weight excluding hydrogens is 284 g/mol. The van der Waals surface area contributed by atoms with Crippen molar-refractivity contribution in [2.75, 3.05) is 6.54 Å². The summed E-state index contributed by atoms with van der Waals surface area (Å²) >= 11 is 0. The van der Waals surface area contributed by atoms with E-state index in [2.05, 4.69) is 32.4 Å². The second-order valence-corrected chi connectivity index (χ2v) is 7.88. The van der Waals surface area contributed by atoms with Crippen LogP contribution in [0.4, 0.5) is 0 Å². The second kappa shape index (κ2) is 7.58. The molecule has 0 saturated carbocycles. The average Bonchev–Trinajstić information content (AvgIpc) is 2.38. The Morgan fingerprint density at radius 3 is 2.05 bits per heavy atom. The number of sulfonamides is 1. The third-order valence-electron chi connectivity index (χ3n) is 3.69. The summed E-state index contributed by atoms with van der Waals surface area (Å²) in [6.07, 6.45) is 0. The predicted molar refractivity (Wildman–Crippen MR) is 84.9 cm³/mol. The molecule has 0 bridgehead atoms. The molecule has 0 atom stereocenters. The van der Waals surface area contributed by atoms with Gasteiger partial charge in [-0.25, -0.2) is 13.1 Å².